The maximum atomic E-state index is 8.77. The van der Waals surface area contributed by atoms with Crippen LogP contribution < -0.4 is 5.73 Å². The van der Waals surface area contributed by atoms with Gasteiger partial charge in [-0.15, -0.1) is 0 Å². The molecule has 0 saturated heterocycles. The van der Waals surface area contributed by atoms with Gasteiger partial charge in [0.15, 0.2) is 0 Å². The molecule has 0 amide bonds. The van der Waals surface area contributed by atoms with Crippen molar-refractivity contribution in [2.75, 3.05) is 0 Å². The molecule has 0 aliphatic carbocycles. The molecule has 0 bridgehead atoms. The van der Waals surface area contributed by atoms with Crippen molar-refractivity contribution in [2.24, 2.45) is 5.73 Å². The van der Waals surface area contributed by atoms with Crippen LogP contribution in [0.5, 0.6) is 0 Å². The van der Waals surface area contributed by atoms with Crippen LogP contribution in [0.3, 0.4) is 0 Å². The molecule has 3 N–H and O–H groups in total. The SMILES string of the molecule is CC[C@H](N)C[C@@H](C)O. The van der Waals surface area contributed by atoms with E-state index in [9.17, 15) is 0 Å². The topological polar surface area (TPSA) is 46.2 Å². The van der Waals surface area contributed by atoms with Crippen LogP contribution in [0.1, 0.15) is 26.7 Å². The van der Waals surface area contributed by atoms with E-state index in [4.69, 9.17) is 10.8 Å². The molecular weight excluding hydrogens is 102 g/mol. The molecule has 0 heterocycles. The van der Waals surface area contributed by atoms with Gasteiger partial charge in [-0.25, -0.2) is 0 Å². The third-order valence-corrected chi connectivity index (χ3v) is 1.17. The van der Waals surface area contributed by atoms with Crippen molar-refractivity contribution in [3.8, 4) is 0 Å². The molecule has 2 nitrogen and oxygen atoms in total. The van der Waals surface area contributed by atoms with Gasteiger partial charge in [0.25, 0.3) is 0 Å². The van der Waals surface area contributed by atoms with Crippen LogP contribution in [0.25, 0.3) is 0 Å². The molecular formula is C6H15NO. The minimum atomic E-state index is -0.245. The Bertz CT molecular complexity index is 54.5. The fraction of sp³-hybridized carbons (Fsp3) is 1.00. The first kappa shape index (κ1) is 7.92. The van der Waals surface area contributed by atoms with Crippen molar-refractivity contribution < 1.29 is 5.11 Å². The van der Waals surface area contributed by atoms with Gasteiger partial charge < -0.3 is 10.8 Å². The zero-order chi connectivity index (χ0) is 6.57. The van der Waals surface area contributed by atoms with Gasteiger partial charge in [0.05, 0.1) is 6.10 Å². The molecule has 0 aromatic heterocycles. The molecule has 0 radical (unpaired) electrons. The van der Waals surface area contributed by atoms with Gasteiger partial charge in [0.2, 0.25) is 0 Å². The first-order valence-electron chi connectivity index (χ1n) is 3.10. The Kier molecular flexibility index (Phi) is 3.83. The Morgan fingerprint density at radius 1 is 1.62 bits per heavy atom. The van der Waals surface area contributed by atoms with Crippen LogP contribution in [0.4, 0.5) is 0 Å². The minimum Gasteiger partial charge on any atom is -0.393 e. The van der Waals surface area contributed by atoms with E-state index < -0.39 is 0 Å². The van der Waals surface area contributed by atoms with Gasteiger partial charge in [-0.05, 0) is 19.8 Å². The lowest BCUT2D eigenvalue weighted by Gasteiger charge is -2.09. The second-order valence-electron chi connectivity index (χ2n) is 2.25. The number of rotatable bonds is 3. The monoisotopic (exact) mass is 117 g/mol. The summed E-state index contributed by atoms with van der Waals surface area (Å²) >= 11 is 0. The normalized spacial score (nSPS) is 18.0. The standard InChI is InChI=1S/C6H15NO/c1-3-6(7)4-5(2)8/h5-6,8H,3-4,7H2,1-2H3/t5-,6+/m1/s1. The molecule has 0 fully saturated rings. The fourth-order valence-corrected chi connectivity index (χ4v) is 0.605. The Balaban J connectivity index is 3.10. The molecule has 2 heteroatoms. The van der Waals surface area contributed by atoms with Crippen molar-refractivity contribution in [2.45, 2.75) is 38.8 Å². The zero-order valence-corrected chi connectivity index (χ0v) is 5.59. The van der Waals surface area contributed by atoms with E-state index >= 15 is 0 Å². The smallest absolute Gasteiger partial charge is 0.0526 e. The molecule has 2 atom stereocenters. The highest BCUT2D eigenvalue weighted by Crippen LogP contribution is 1.96. The average molecular weight is 117 g/mol. The molecule has 0 aromatic carbocycles. The third kappa shape index (κ3) is 4.09. The fourth-order valence-electron chi connectivity index (χ4n) is 0.605. The zero-order valence-electron chi connectivity index (χ0n) is 5.59. The van der Waals surface area contributed by atoms with Gasteiger partial charge in [-0.3, -0.25) is 0 Å². The summed E-state index contributed by atoms with van der Waals surface area (Å²) in [6, 6.07) is 0.176. The highest BCUT2D eigenvalue weighted by atomic mass is 16.3. The predicted octanol–water partition coefficient (Wildman–Crippen LogP) is 0.495. The summed E-state index contributed by atoms with van der Waals surface area (Å²) in [5.74, 6) is 0. The van der Waals surface area contributed by atoms with E-state index in [1.165, 1.54) is 0 Å². The van der Waals surface area contributed by atoms with Crippen LogP contribution in [0.2, 0.25) is 0 Å². The molecule has 0 saturated carbocycles. The van der Waals surface area contributed by atoms with E-state index in [2.05, 4.69) is 0 Å². The molecule has 0 spiro atoms. The Labute approximate surface area is 50.7 Å². The summed E-state index contributed by atoms with van der Waals surface area (Å²) in [7, 11) is 0. The second-order valence-corrected chi connectivity index (χ2v) is 2.25. The second kappa shape index (κ2) is 3.87. The summed E-state index contributed by atoms with van der Waals surface area (Å²) in [5.41, 5.74) is 5.51. The number of nitrogens with two attached hydrogens (primary N) is 1. The molecule has 8 heavy (non-hydrogen) atoms. The van der Waals surface area contributed by atoms with Crippen LogP contribution in [0, 0.1) is 0 Å². The van der Waals surface area contributed by atoms with E-state index in [0.717, 1.165) is 12.8 Å². The van der Waals surface area contributed by atoms with E-state index in [0.29, 0.717) is 0 Å². The minimum absolute atomic E-state index is 0.176. The Morgan fingerprint density at radius 3 is 2.25 bits per heavy atom. The number of hydrogen-bond donors (Lipinski definition) is 2. The van der Waals surface area contributed by atoms with E-state index in [-0.39, 0.29) is 12.1 Å². The maximum Gasteiger partial charge on any atom is 0.0526 e. The van der Waals surface area contributed by atoms with Gasteiger partial charge in [-0.1, -0.05) is 6.92 Å². The molecule has 0 rings (SSSR count). The van der Waals surface area contributed by atoms with Crippen molar-refractivity contribution in [1.82, 2.24) is 0 Å². The van der Waals surface area contributed by atoms with Crippen LogP contribution in [-0.4, -0.2) is 17.3 Å². The largest absolute Gasteiger partial charge is 0.393 e. The maximum absolute atomic E-state index is 8.77. The lowest BCUT2D eigenvalue weighted by molar-refractivity contribution is 0.174. The first-order valence-corrected chi connectivity index (χ1v) is 3.10. The van der Waals surface area contributed by atoms with Crippen LogP contribution in [-0.2, 0) is 0 Å². The summed E-state index contributed by atoms with van der Waals surface area (Å²) in [6.45, 7) is 3.78. The van der Waals surface area contributed by atoms with Gasteiger partial charge >= 0.3 is 0 Å². The van der Waals surface area contributed by atoms with Crippen molar-refractivity contribution in [1.29, 1.82) is 0 Å². The first-order chi connectivity index (χ1) is 3.66. The third-order valence-electron chi connectivity index (χ3n) is 1.17. The van der Waals surface area contributed by atoms with Crippen molar-refractivity contribution >= 4 is 0 Å². The number of aliphatic hydroxyl groups is 1. The van der Waals surface area contributed by atoms with Crippen molar-refractivity contribution in [3.05, 3.63) is 0 Å². The quantitative estimate of drug-likeness (QED) is 0.565. The molecule has 0 aliphatic rings. The van der Waals surface area contributed by atoms with Crippen molar-refractivity contribution in [3.63, 3.8) is 0 Å². The lowest BCUT2D eigenvalue weighted by Crippen LogP contribution is -2.23. The average Bonchev–Trinajstić information content (AvgIpc) is 1.65. The molecule has 0 aliphatic heterocycles. The Hall–Kier alpha value is -0.0800. The summed E-state index contributed by atoms with van der Waals surface area (Å²) in [5, 5.41) is 8.77. The van der Waals surface area contributed by atoms with E-state index in [1.54, 1.807) is 6.92 Å². The molecule has 50 valence electrons. The lowest BCUT2D eigenvalue weighted by atomic mass is 10.1. The van der Waals surface area contributed by atoms with Crippen LogP contribution in [0.15, 0.2) is 0 Å². The Morgan fingerprint density at radius 2 is 2.12 bits per heavy atom. The van der Waals surface area contributed by atoms with Crippen LogP contribution >= 0.6 is 0 Å². The number of aliphatic hydroxyl groups excluding tert-OH is 1. The van der Waals surface area contributed by atoms with Gasteiger partial charge in [0, 0.05) is 6.04 Å². The van der Waals surface area contributed by atoms with Gasteiger partial charge in [0.1, 0.15) is 0 Å². The van der Waals surface area contributed by atoms with E-state index in [1.807, 2.05) is 6.92 Å². The highest BCUT2D eigenvalue weighted by Gasteiger charge is 2.01. The highest BCUT2D eigenvalue weighted by molar-refractivity contribution is 4.60. The summed E-state index contributed by atoms with van der Waals surface area (Å²) in [6.07, 6.45) is 1.42. The van der Waals surface area contributed by atoms with Gasteiger partial charge in [-0.2, -0.15) is 0 Å². The predicted molar refractivity (Wildman–Crippen MR) is 34.6 cm³/mol. The molecule has 0 aromatic rings. The number of hydrogen-bond acceptors (Lipinski definition) is 2. The summed E-state index contributed by atoms with van der Waals surface area (Å²) in [4.78, 5) is 0. The molecule has 0 unspecified atom stereocenters. The summed E-state index contributed by atoms with van der Waals surface area (Å²) < 4.78 is 0.